The van der Waals surface area contributed by atoms with E-state index in [0.717, 1.165) is 0 Å². The largest absolute Gasteiger partial charge is 0.385 e. The van der Waals surface area contributed by atoms with Crippen molar-refractivity contribution in [3.8, 4) is 0 Å². The zero-order chi connectivity index (χ0) is 21.2. The Morgan fingerprint density at radius 3 is 2.38 bits per heavy atom. The molecule has 29 heavy (non-hydrogen) atoms. The number of ether oxygens (including phenoxy) is 1. The summed E-state index contributed by atoms with van der Waals surface area (Å²) in [5.74, 6) is -0.356. The van der Waals surface area contributed by atoms with Crippen molar-refractivity contribution in [2.45, 2.75) is 39.2 Å². The number of hydrogen-bond donors (Lipinski definition) is 2. The van der Waals surface area contributed by atoms with Crippen LogP contribution in [-0.2, 0) is 14.3 Å². The summed E-state index contributed by atoms with van der Waals surface area (Å²) in [7, 11) is 1.62. The van der Waals surface area contributed by atoms with Gasteiger partial charge in [-0.05, 0) is 37.3 Å². The Labute approximate surface area is 173 Å². The second kappa shape index (κ2) is 11.6. The van der Waals surface area contributed by atoms with E-state index in [1.54, 1.807) is 31.4 Å². The lowest BCUT2D eigenvalue weighted by Gasteiger charge is -2.36. The maximum atomic E-state index is 12.8. The van der Waals surface area contributed by atoms with Crippen LogP contribution in [0.3, 0.4) is 0 Å². The molecule has 7 nitrogen and oxygen atoms in total. The quantitative estimate of drug-likeness (QED) is 0.616. The maximum Gasteiger partial charge on any atom is 0.251 e. The first-order valence-corrected chi connectivity index (χ1v) is 10.4. The number of carbonyl (C=O) groups is 3. The van der Waals surface area contributed by atoms with Crippen molar-refractivity contribution >= 4 is 17.7 Å². The molecule has 0 aliphatic carbocycles. The number of likely N-dealkylation sites (tertiary alicyclic amines) is 1. The van der Waals surface area contributed by atoms with Crippen LogP contribution in [0.5, 0.6) is 0 Å². The minimum absolute atomic E-state index is 0.0127. The Bertz CT molecular complexity index is 670. The Kier molecular flexibility index (Phi) is 9.12. The van der Waals surface area contributed by atoms with Crippen LogP contribution in [0.15, 0.2) is 30.3 Å². The van der Waals surface area contributed by atoms with Crippen LogP contribution in [-0.4, -0.2) is 62.0 Å². The third kappa shape index (κ3) is 6.85. The van der Waals surface area contributed by atoms with Crippen molar-refractivity contribution in [1.82, 2.24) is 15.5 Å². The van der Waals surface area contributed by atoms with Gasteiger partial charge in [0, 0.05) is 44.8 Å². The van der Waals surface area contributed by atoms with Crippen LogP contribution in [0.4, 0.5) is 0 Å². The van der Waals surface area contributed by atoms with Gasteiger partial charge in [-0.1, -0.05) is 32.0 Å². The third-order valence-electron chi connectivity index (χ3n) is 5.25. The second-order valence-electron chi connectivity index (χ2n) is 7.77. The van der Waals surface area contributed by atoms with Crippen LogP contribution in [0, 0.1) is 11.8 Å². The lowest BCUT2D eigenvalue weighted by molar-refractivity contribution is -0.136. The summed E-state index contributed by atoms with van der Waals surface area (Å²) >= 11 is 0. The van der Waals surface area contributed by atoms with E-state index in [-0.39, 0.29) is 29.6 Å². The number of rotatable bonds is 9. The molecule has 0 unspecified atom stereocenters. The number of benzene rings is 1. The lowest BCUT2D eigenvalue weighted by atomic mass is 9.88. The first kappa shape index (κ1) is 22.9. The van der Waals surface area contributed by atoms with Gasteiger partial charge < -0.3 is 20.3 Å². The van der Waals surface area contributed by atoms with Gasteiger partial charge in [-0.15, -0.1) is 0 Å². The second-order valence-corrected chi connectivity index (χ2v) is 7.77. The molecule has 1 saturated heterocycles. The highest BCUT2D eigenvalue weighted by Gasteiger charge is 2.34. The molecule has 3 amide bonds. The molecule has 0 saturated carbocycles. The van der Waals surface area contributed by atoms with E-state index in [9.17, 15) is 14.4 Å². The minimum atomic E-state index is -0.624. The fourth-order valence-corrected chi connectivity index (χ4v) is 3.57. The van der Waals surface area contributed by atoms with E-state index < -0.39 is 6.04 Å². The Balaban J connectivity index is 2.03. The average Bonchev–Trinajstić information content (AvgIpc) is 2.75. The number of methoxy groups -OCH3 is 1. The summed E-state index contributed by atoms with van der Waals surface area (Å²) in [4.78, 5) is 39.6. The predicted octanol–water partition coefficient (Wildman–Crippen LogP) is 1.83. The molecule has 1 aliphatic heterocycles. The summed E-state index contributed by atoms with van der Waals surface area (Å²) in [6.07, 6.45) is 2.08. The Morgan fingerprint density at radius 2 is 1.79 bits per heavy atom. The topological polar surface area (TPSA) is 87.7 Å². The van der Waals surface area contributed by atoms with Gasteiger partial charge in [0.05, 0.1) is 0 Å². The molecule has 1 aliphatic rings. The number of nitrogens with zero attached hydrogens (tertiary/aromatic N) is 1. The summed E-state index contributed by atoms with van der Waals surface area (Å²) in [5, 5.41) is 5.83. The molecular formula is C22H33N3O4. The molecule has 0 aromatic heterocycles. The van der Waals surface area contributed by atoms with Crippen molar-refractivity contribution < 1.29 is 19.1 Å². The van der Waals surface area contributed by atoms with Crippen LogP contribution < -0.4 is 10.6 Å². The van der Waals surface area contributed by atoms with E-state index in [4.69, 9.17) is 4.74 Å². The summed E-state index contributed by atoms with van der Waals surface area (Å²) in [6, 6.07) is 8.27. The molecule has 2 N–H and O–H groups in total. The summed E-state index contributed by atoms with van der Waals surface area (Å²) in [5.41, 5.74) is 0.525. The first-order chi connectivity index (χ1) is 13.9. The molecular weight excluding hydrogens is 370 g/mol. The normalized spacial score (nSPS) is 15.8. The molecule has 1 heterocycles. The van der Waals surface area contributed by atoms with E-state index in [0.29, 0.717) is 51.1 Å². The van der Waals surface area contributed by atoms with Gasteiger partial charge in [-0.3, -0.25) is 14.4 Å². The van der Waals surface area contributed by atoms with Gasteiger partial charge in [0.2, 0.25) is 11.8 Å². The minimum Gasteiger partial charge on any atom is -0.385 e. The highest BCUT2D eigenvalue weighted by atomic mass is 16.5. The van der Waals surface area contributed by atoms with Crippen LogP contribution >= 0.6 is 0 Å². The highest BCUT2D eigenvalue weighted by molar-refractivity contribution is 5.97. The maximum absolute atomic E-state index is 12.8. The Hall–Kier alpha value is -2.41. The molecule has 160 valence electrons. The zero-order valence-electron chi connectivity index (χ0n) is 17.6. The molecule has 2 rings (SSSR count). The zero-order valence-corrected chi connectivity index (χ0v) is 17.6. The van der Waals surface area contributed by atoms with Gasteiger partial charge in [0.15, 0.2) is 0 Å². The number of hydrogen-bond acceptors (Lipinski definition) is 4. The van der Waals surface area contributed by atoms with Crippen LogP contribution in [0.1, 0.15) is 43.5 Å². The fourth-order valence-electron chi connectivity index (χ4n) is 3.57. The van der Waals surface area contributed by atoms with Crippen molar-refractivity contribution in [3.05, 3.63) is 35.9 Å². The van der Waals surface area contributed by atoms with E-state index in [2.05, 4.69) is 10.6 Å². The Morgan fingerprint density at radius 1 is 1.14 bits per heavy atom. The molecule has 7 heteroatoms. The van der Waals surface area contributed by atoms with E-state index >= 15 is 0 Å². The molecule has 0 spiro atoms. The standard InChI is InChI=1S/C22H33N3O4/c1-16(2)22(28)25-13-10-17(11-14-25)19(21(27)23-12-7-15-29-3)24-20(26)18-8-5-4-6-9-18/h4-6,8-9,16-17,19H,7,10-15H2,1-3H3,(H,23,27)(H,24,26)/t19-/m1/s1. The van der Waals surface area contributed by atoms with Gasteiger partial charge in [-0.2, -0.15) is 0 Å². The molecule has 0 radical (unpaired) electrons. The van der Waals surface area contributed by atoms with E-state index in [1.807, 2.05) is 24.8 Å². The van der Waals surface area contributed by atoms with Crippen molar-refractivity contribution in [1.29, 1.82) is 0 Å². The lowest BCUT2D eigenvalue weighted by Crippen LogP contribution is -2.54. The fraction of sp³-hybridized carbons (Fsp3) is 0.591. The van der Waals surface area contributed by atoms with Gasteiger partial charge >= 0.3 is 0 Å². The van der Waals surface area contributed by atoms with E-state index in [1.165, 1.54) is 0 Å². The van der Waals surface area contributed by atoms with Crippen LogP contribution in [0.25, 0.3) is 0 Å². The first-order valence-electron chi connectivity index (χ1n) is 10.4. The molecule has 1 aromatic carbocycles. The number of nitrogens with one attached hydrogen (secondary N) is 2. The third-order valence-corrected chi connectivity index (χ3v) is 5.25. The van der Waals surface area contributed by atoms with Crippen molar-refractivity contribution in [2.24, 2.45) is 11.8 Å². The van der Waals surface area contributed by atoms with Gasteiger partial charge in [0.1, 0.15) is 6.04 Å². The monoisotopic (exact) mass is 403 g/mol. The van der Waals surface area contributed by atoms with Crippen molar-refractivity contribution in [3.63, 3.8) is 0 Å². The molecule has 0 bridgehead atoms. The predicted molar refractivity (Wildman–Crippen MR) is 111 cm³/mol. The van der Waals surface area contributed by atoms with Gasteiger partial charge in [-0.25, -0.2) is 0 Å². The number of piperidine rings is 1. The summed E-state index contributed by atoms with van der Waals surface area (Å²) < 4.78 is 5.02. The average molecular weight is 404 g/mol. The highest BCUT2D eigenvalue weighted by Crippen LogP contribution is 2.22. The summed E-state index contributed by atoms with van der Waals surface area (Å²) in [6.45, 7) is 6.06. The smallest absolute Gasteiger partial charge is 0.251 e. The molecule has 1 aromatic rings. The van der Waals surface area contributed by atoms with Crippen molar-refractivity contribution in [2.75, 3.05) is 33.4 Å². The van der Waals surface area contributed by atoms with Gasteiger partial charge in [0.25, 0.3) is 5.91 Å². The molecule has 1 fully saturated rings. The van der Waals surface area contributed by atoms with Crippen LogP contribution in [0.2, 0.25) is 0 Å². The SMILES string of the molecule is COCCCNC(=O)[C@H](NC(=O)c1ccccc1)C1CCN(C(=O)C(C)C)CC1. The number of carbonyl (C=O) groups excluding carboxylic acids is 3. The molecule has 1 atom stereocenters. The number of amides is 3.